The average Bonchev–Trinajstić information content (AvgIpc) is 2.56. The Morgan fingerprint density at radius 3 is 2.56 bits per heavy atom. The first-order valence-electron chi connectivity index (χ1n) is 8.04. The molecule has 0 saturated carbocycles. The van der Waals surface area contributed by atoms with Crippen molar-refractivity contribution in [3.63, 3.8) is 0 Å². The van der Waals surface area contributed by atoms with E-state index in [0.717, 1.165) is 6.07 Å². The fraction of sp³-hybridized carbons (Fsp3) is 0.471. The number of carbonyl (C=O) groups is 2. The van der Waals surface area contributed by atoms with E-state index < -0.39 is 33.7 Å². The largest absolute Gasteiger partial charge is 0.444 e. The van der Waals surface area contributed by atoms with Gasteiger partial charge >= 0.3 is 6.09 Å². The standard InChI is InChI=1S/C17H23N3O5S2/c1-17(2,3)25-16(22)19-14(8-9-26-4)15(21)20-27(23,24)13-7-5-6-12(10-13)11-18/h5-7,10,14H,8-9H2,1-4H3,(H,19,22)(H,20,21). The zero-order chi connectivity index (χ0) is 20.7. The van der Waals surface area contributed by atoms with Gasteiger partial charge in [-0.25, -0.2) is 17.9 Å². The smallest absolute Gasteiger partial charge is 0.408 e. The summed E-state index contributed by atoms with van der Waals surface area (Å²) in [5.74, 6) is -0.352. The first-order valence-corrected chi connectivity index (χ1v) is 10.9. The number of nitriles is 1. The number of carbonyl (C=O) groups excluding carboxylic acids is 2. The van der Waals surface area contributed by atoms with Crippen molar-refractivity contribution in [3.8, 4) is 6.07 Å². The second-order valence-corrected chi connectivity index (χ2v) is 9.26. The predicted octanol–water partition coefficient (Wildman–Crippen LogP) is 2.01. The summed E-state index contributed by atoms with van der Waals surface area (Å²) in [7, 11) is -4.18. The molecule has 1 unspecified atom stereocenters. The van der Waals surface area contributed by atoms with E-state index in [1.165, 1.54) is 30.0 Å². The molecule has 148 valence electrons. The Morgan fingerprint density at radius 2 is 2.00 bits per heavy atom. The monoisotopic (exact) mass is 413 g/mol. The topological polar surface area (TPSA) is 125 Å². The van der Waals surface area contributed by atoms with Gasteiger partial charge < -0.3 is 10.1 Å². The summed E-state index contributed by atoms with van der Waals surface area (Å²) in [6, 6.07) is 6.04. The summed E-state index contributed by atoms with van der Waals surface area (Å²) in [5.41, 5.74) is -0.606. The Balaban J connectivity index is 2.94. The lowest BCUT2D eigenvalue weighted by Gasteiger charge is -2.23. The molecule has 10 heteroatoms. The van der Waals surface area contributed by atoms with Crippen LogP contribution in [0.3, 0.4) is 0 Å². The normalized spacial score (nSPS) is 12.6. The molecule has 0 aliphatic rings. The Labute approximate surface area is 163 Å². The maximum absolute atomic E-state index is 12.5. The van der Waals surface area contributed by atoms with E-state index in [2.05, 4.69) is 5.32 Å². The Hall–Kier alpha value is -2.25. The van der Waals surface area contributed by atoms with Crippen molar-refractivity contribution in [1.82, 2.24) is 10.0 Å². The van der Waals surface area contributed by atoms with Crippen molar-refractivity contribution >= 4 is 33.8 Å². The van der Waals surface area contributed by atoms with Crippen molar-refractivity contribution in [1.29, 1.82) is 5.26 Å². The summed E-state index contributed by atoms with van der Waals surface area (Å²) < 4.78 is 31.9. The highest BCUT2D eigenvalue weighted by molar-refractivity contribution is 7.98. The first kappa shape index (κ1) is 22.8. The lowest BCUT2D eigenvalue weighted by atomic mass is 10.2. The molecular formula is C17H23N3O5S2. The Morgan fingerprint density at radius 1 is 1.33 bits per heavy atom. The molecular weight excluding hydrogens is 390 g/mol. The maximum Gasteiger partial charge on any atom is 0.408 e. The van der Waals surface area contributed by atoms with Gasteiger partial charge in [0.25, 0.3) is 15.9 Å². The van der Waals surface area contributed by atoms with E-state index in [9.17, 15) is 18.0 Å². The first-order chi connectivity index (χ1) is 12.5. The summed E-state index contributed by atoms with van der Waals surface area (Å²) in [5, 5.41) is 11.3. The minimum Gasteiger partial charge on any atom is -0.444 e. The summed E-state index contributed by atoms with van der Waals surface area (Å²) in [4.78, 5) is 24.2. The van der Waals surface area contributed by atoms with Crippen LogP contribution in [0.15, 0.2) is 29.2 Å². The molecule has 0 heterocycles. The highest BCUT2D eigenvalue weighted by atomic mass is 32.2. The van der Waals surface area contributed by atoms with E-state index in [-0.39, 0.29) is 16.9 Å². The van der Waals surface area contributed by atoms with E-state index >= 15 is 0 Å². The van der Waals surface area contributed by atoms with E-state index in [1.54, 1.807) is 20.8 Å². The molecule has 0 aromatic heterocycles. The molecule has 0 radical (unpaired) electrons. The number of nitrogens with one attached hydrogen (secondary N) is 2. The van der Waals surface area contributed by atoms with E-state index in [4.69, 9.17) is 10.00 Å². The van der Waals surface area contributed by atoms with Gasteiger partial charge in [0.05, 0.1) is 16.5 Å². The fourth-order valence-electron chi connectivity index (χ4n) is 1.95. The van der Waals surface area contributed by atoms with Gasteiger partial charge in [0.1, 0.15) is 11.6 Å². The zero-order valence-electron chi connectivity index (χ0n) is 15.6. The van der Waals surface area contributed by atoms with Crippen molar-refractivity contribution in [3.05, 3.63) is 29.8 Å². The van der Waals surface area contributed by atoms with Crippen molar-refractivity contribution in [2.45, 2.75) is 43.7 Å². The van der Waals surface area contributed by atoms with Gasteiger partial charge in [-0.1, -0.05) is 6.07 Å². The lowest BCUT2D eigenvalue weighted by molar-refractivity contribution is -0.121. The van der Waals surface area contributed by atoms with Crippen LogP contribution in [-0.2, 0) is 19.6 Å². The lowest BCUT2D eigenvalue weighted by Crippen LogP contribution is -2.49. The second kappa shape index (κ2) is 9.62. The molecule has 2 amide bonds. The summed E-state index contributed by atoms with van der Waals surface area (Å²) in [6.07, 6.45) is 1.24. The highest BCUT2D eigenvalue weighted by Gasteiger charge is 2.27. The molecule has 0 spiro atoms. The number of nitrogens with zero attached hydrogens (tertiary/aromatic N) is 1. The number of amides is 2. The predicted molar refractivity (Wildman–Crippen MR) is 103 cm³/mol. The minimum atomic E-state index is -4.18. The van der Waals surface area contributed by atoms with E-state index in [1.807, 2.05) is 17.0 Å². The van der Waals surface area contributed by atoms with Gasteiger partial charge in [-0.05, 0) is 57.4 Å². The third kappa shape index (κ3) is 7.88. The second-order valence-electron chi connectivity index (χ2n) is 6.59. The molecule has 8 nitrogen and oxygen atoms in total. The molecule has 1 aromatic rings. The average molecular weight is 414 g/mol. The van der Waals surface area contributed by atoms with Gasteiger partial charge in [0, 0.05) is 0 Å². The number of rotatable bonds is 7. The van der Waals surface area contributed by atoms with Crippen LogP contribution >= 0.6 is 11.8 Å². The third-order valence-electron chi connectivity index (χ3n) is 3.13. The zero-order valence-corrected chi connectivity index (χ0v) is 17.2. The number of sulfonamides is 1. The highest BCUT2D eigenvalue weighted by Crippen LogP contribution is 2.12. The molecule has 1 aromatic carbocycles. The van der Waals surface area contributed by atoms with Crippen LogP contribution in [0.25, 0.3) is 0 Å². The molecule has 0 aliphatic carbocycles. The van der Waals surface area contributed by atoms with Crippen LogP contribution < -0.4 is 10.0 Å². The maximum atomic E-state index is 12.5. The molecule has 1 atom stereocenters. The third-order valence-corrected chi connectivity index (χ3v) is 5.11. The van der Waals surface area contributed by atoms with Gasteiger partial charge in [-0.3, -0.25) is 4.79 Å². The number of thioether (sulfide) groups is 1. The molecule has 2 N–H and O–H groups in total. The van der Waals surface area contributed by atoms with Gasteiger partial charge in [0.15, 0.2) is 0 Å². The molecule has 1 rings (SSSR count). The quantitative estimate of drug-likeness (QED) is 0.700. The van der Waals surface area contributed by atoms with Crippen LogP contribution in [0.4, 0.5) is 4.79 Å². The van der Waals surface area contributed by atoms with E-state index in [0.29, 0.717) is 5.75 Å². The van der Waals surface area contributed by atoms with Gasteiger partial charge in [-0.15, -0.1) is 0 Å². The van der Waals surface area contributed by atoms with Crippen LogP contribution in [0.1, 0.15) is 32.8 Å². The summed E-state index contributed by atoms with van der Waals surface area (Å²) >= 11 is 1.45. The molecule has 0 bridgehead atoms. The van der Waals surface area contributed by atoms with Crippen LogP contribution in [0, 0.1) is 11.3 Å². The SMILES string of the molecule is CSCCC(NC(=O)OC(C)(C)C)C(=O)NS(=O)(=O)c1cccc(C#N)c1. The molecule has 0 aliphatic heterocycles. The molecule has 27 heavy (non-hydrogen) atoms. The van der Waals surface area contributed by atoms with Crippen molar-refractivity contribution < 1.29 is 22.7 Å². The van der Waals surface area contributed by atoms with Gasteiger partial charge in [-0.2, -0.15) is 17.0 Å². The van der Waals surface area contributed by atoms with Crippen LogP contribution in [0.2, 0.25) is 0 Å². The Kier molecular flexibility index (Phi) is 8.12. The number of ether oxygens (including phenoxy) is 1. The van der Waals surface area contributed by atoms with Gasteiger partial charge in [0.2, 0.25) is 0 Å². The Bertz CT molecular complexity index is 826. The number of hydrogen-bond acceptors (Lipinski definition) is 7. The van der Waals surface area contributed by atoms with Crippen LogP contribution in [0.5, 0.6) is 0 Å². The van der Waals surface area contributed by atoms with Crippen LogP contribution in [-0.4, -0.2) is 44.1 Å². The van der Waals surface area contributed by atoms with Crippen molar-refractivity contribution in [2.75, 3.05) is 12.0 Å². The fourth-order valence-corrected chi connectivity index (χ4v) is 3.49. The molecule has 0 fully saturated rings. The molecule has 0 saturated heterocycles. The minimum absolute atomic E-state index is 0.149. The summed E-state index contributed by atoms with van der Waals surface area (Å²) in [6.45, 7) is 5.03. The number of hydrogen-bond donors (Lipinski definition) is 2. The van der Waals surface area contributed by atoms with Crippen molar-refractivity contribution in [2.24, 2.45) is 0 Å². The number of benzene rings is 1. The number of alkyl carbamates (subject to hydrolysis) is 1.